The molecule has 1 aliphatic carbocycles. The standard InChI is InChI=1S/C18H24N4O3S/c1-19-26(24,25)16-9-7-14(8-10-16)18(23)20-17-12-15(21-22-17)11-13-5-3-2-4-6-13/h7-10,12-13,19H,2-6,11H2,1H3,(H2,20,21,22,23). The Balaban J connectivity index is 1.61. The van der Waals surface area contributed by atoms with Crippen LogP contribution in [0.25, 0.3) is 0 Å². The van der Waals surface area contributed by atoms with Crippen molar-refractivity contribution < 1.29 is 13.2 Å². The Morgan fingerprint density at radius 2 is 1.88 bits per heavy atom. The van der Waals surface area contributed by atoms with Crippen molar-refractivity contribution >= 4 is 21.7 Å². The zero-order valence-corrected chi connectivity index (χ0v) is 15.6. The fraction of sp³-hybridized carbons (Fsp3) is 0.444. The van der Waals surface area contributed by atoms with Crippen LogP contribution in [0.2, 0.25) is 0 Å². The molecule has 2 aromatic rings. The number of nitrogens with one attached hydrogen (secondary N) is 3. The Labute approximate surface area is 153 Å². The first-order valence-electron chi connectivity index (χ1n) is 8.87. The molecule has 0 aliphatic heterocycles. The van der Waals surface area contributed by atoms with E-state index >= 15 is 0 Å². The summed E-state index contributed by atoms with van der Waals surface area (Å²) in [6.45, 7) is 0. The predicted octanol–water partition coefficient (Wildman–Crippen LogP) is 2.69. The minimum Gasteiger partial charge on any atom is -0.305 e. The van der Waals surface area contributed by atoms with Crippen LogP contribution in [0, 0.1) is 5.92 Å². The number of sulfonamides is 1. The first-order chi connectivity index (χ1) is 12.5. The molecule has 0 saturated heterocycles. The maximum atomic E-state index is 12.3. The van der Waals surface area contributed by atoms with Crippen molar-refractivity contribution in [2.75, 3.05) is 12.4 Å². The van der Waals surface area contributed by atoms with Gasteiger partial charge in [-0.2, -0.15) is 5.10 Å². The van der Waals surface area contributed by atoms with Gasteiger partial charge in [0.25, 0.3) is 5.91 Å². The molecule has 0 spiro atoms. The lowest BCUT2D eigenvalue weighted by molar-refractivity contribution is 0.102. The number of carbonyl (C=O) groups is 1. The Hall–Kier alpha value is -2.19. The number of H-pyrrole nitrogens is 1. The van der Waals surface area contributed by atoms with Crippen LogP contribution in [0.4, 0.5) is 5.82 Å². The summed E-state index contributed by atoms with van der Waals surface area (Å²) < 4.78 is 25.7. The van der Waals surface area contributed by atoms with Gasteiger partial charge in [0.1, 0.15) is 0 Å². The van der Waals surface area contributed by atoms with Gasteiger partial charge in [-0.15, -0.1) is 0 Å². The van der Waals surface area contributed by atoms with E-state index in [2.05, 4.69) is 20.2 Å². The maximum Gasteiger partial charge on any atom is 0.256 e. The van der Waals surface area contributed by atoms with E-state index in [0.717, 1.165) is 12.1 Å². The zero-order chi connectivity index (χ0) is 18.6. The van der Waals surface area contributed by atoms with Gasteiger partial charge in [0.05, 0.1) is 4.90 Å². The second kappa shape index (κ2) is 8.01. The van der Waals surface area contributed by atoms with E-state index in [1.807, 2.05) is 6.07 Å². The molecule has 0 radical (unpaired) electrons. The average Bonchev–Trinajstić information content (AvgIpc) is 3.09. The number of aromatic nitrogens is 2. The largest absolute Gasteiger partial charge is 0.305 e. The van der Waals surface area contributed by atoms with E-state index in [0.29, 0.717) is 17.3 Å². The normalized spacial score (nSPS) is 15.7. The number of rotatable bonds is 6. The first kappa shape index (κ1) is 18.6. The molecule has 1 fully saturated rings. The van der Waals surface area contributed by atoms with E-state index in [1.165, 1.54) is 63.4 Å². The van der Waals surface area contributed by atoms with Crippen LogP contribution in [0.15, 0.2) is 35.2 Å². The van der Waals surface area contributed by atoms with Crippen LogP contribution in [0.5, 0.6) is 0 Å². The van der Waals surface area contributed by atoms with Crippen LogP contribution < -0.4 is 10.0 Å². The Kier molecular flexibility index (Phi) is 5.73. The third-order valence-corrected chi connectivity index (χ3v) is 6.23. The van der Waals surface area contributed by atoms with Gasteiger partial charge in [-0.1, -0.05) is 32.1 Å². The summed E-state index contributed by atoms with van der Waals surface area (Å²) in [5.41, 5.74) is 1.40. The number of hydrogen-bond acceptors (Lipinski definition) is 4. The summed E-state index contributed by atoms with van der Waals surface area (Å²) >= 11 is 0. The predicted molar refractivity (Wildman–Crippen MR) is 99.5 cm³/mol. The lowest BCUT2D eigenvalue weighted by Crippen LogP contribution is -2.19. The molecule has 1 amide bonds. The summed E-state index contributed by atoms with van der Waals surface area (Å²) in [7, 11) is -2.16. The van der Waals surface area contributed by atoms with Gasteiger partial charge < -0.3 is 5.32 Å². The molecule has 1 heterocycles. The second-order valence-corrected chi connectivity index (χ2v) is 8.56. The molecule has 0 atom stereocenters. The Bertz CT molecular complexity index is 853. The van der Waals surface area contributed by atoms with Gasteiger partial charge in [0.15, 0.2) is 5.82 Å². The van der Waals surface area contributed by atoms with Gasteiger partial charge in [0, 0.05) is 17.3 Å². The van der Waals surface area contributed by atoms with Crippen LogP contribution in [0.3, 0.4) is 0 Å². The van der Waals surface area contributed by atoms with E-state index in [4.69, 9.17) is 0 Å². The van der Waals surface area contributed by atoms with Gasteiger partial charge in [-0.05, 0) is 43.7 Å². The molecule has 1 saturated carbocycles. The Morgan fingerprint density at radius 1 is 1.19 bits per heavy atom. The summed E-state index contributed by atoms with van der Waals surface area (Å²) in [5.74, 6) is 0.844. The van der Waals surface area contributed by atoms with E-state index in [-0.39, 0.29) is 10.8 Å². The quantitative estimate of drug-likeness (QED) is 0.721. The molecule has 26 heavy (non-hydrogen) atoms. The summed E-state index contributed by atoms with van der Waals surface area (Å²) in [4.78, 5) is 12.4. The SMILES string of the molecule is CNS(=O)(=O)c1ccc(C(=O)Nc2cc(CC3CCCCC3)[nH]n2)cc1. The molecule has 3 N–H and O–H groups in total. The topological polar surface area (TPSA) is 104 Å². The van der Waals surface area contributed by atoms with Crippen molar-refractivity contribution in [2.24, 2.45) is 5.92 Å². The molecular weight excluding hydrogens is 352 g/mol. The van der Waals surface area contributed by atoms with Crippen molar-refractivity contribution in [3.05, 3.63) is 41.6 Å². The molecule has 140 valence electrons. The fourth-order valence-electron chi connectivity index (χ4n) is 3.32. The molecule has 1 aliphatic rings. The van der Waals surface area contributed by atoms with Crippen LogP contribution in [-0.4, -0.2) is 31.6 Å². The van der Waals surface area contributed by atoms with Gasteiger partial charge in [-0.25, -0.2) is 13.1 Å². The van der Waals surface area contributed by atoms with E-state index in [9.17, 15) is 13.2 Å². The van der Waals surface area contributed by atoms with Gasteiger partial charge in [0.2, 0.25) is 10.0 Å². The van der Waals surface area contributed by atoms with Crippen LogP contribution in [-0.2, 0) is 16.4 Å². The van der Waals surface area contributed by atoms with Crippen LogP contribution in [0.1, 0.15) is 48.2 Å². The van der Waals surface area contributed by atoms with Crippen molar-refractivity contribution in [1.29, 1.82) is 0 Å². The highest BCUT2D eigenvalue weighted by Gasteiger charge is 2.16. The minimum atomic E-state index is -3.51. The molecule has 7 nitrogen and oxygen atoms in total. The molecular formula is C18H24N4O3S. The Morgan fingerprint density at radius 3 is 2.54 bits per heavy atom. The first-order valence-corrected chi connectivity index (χ1v) is 10.4. The van der Waals surface area contributed by atoms with Gasteiger partial charge in [-0.3, -0.25) is 9.89 Å². The number of amides is 1. The molecule has 1 aromatic heterocycles. The third kappa shape index (κ3) is 4.50. The molecule has 3 rings (SSSR count). The maximum absolute atomic E-state index is 12.3. The smallest absolute Gasteiger partial charge is 0.256 e. The molecule has 8 heteroatoms. The third-order valence-electron chi connectivity index (χ3n) is 4.80. The summed E-state index contributed by atoms with van der Waals surface area (Å²) in [5, 5.41) is 9.89. The number of nitrogens with zero attached hydrogens (tertiary/aromatic N) is 1. The lowest BCUT2D eigenvalue weighted by Gasteiger charge is -2.20. The monoisotopic (exact) mass is 376 g/mol. The van der Waals surface area contributed by atoms with Crippen molar-refractivity contribution in [3.8, 4) is 0 Å². The van der Waals surface area contributed by atoms with E-state index < -0.39 is 10.0 Å². The molecule has 0 unspecified atom stereocenters. The van der Waals surface area contributed by atoms with Crippen molar-refractivity contribution in [1.82, 2.24) is 14.9 Å². The highest BCUT2D eigenvalue weighted by atomic mass is 32.2. The second-order valence-electron chi connectivity index (χ2n) is 6.67. The fourth-order valence-corrected chi connectivity index (χ4v) is 4.05. The van der Waals surface area contributed by atoms with Crippen LogP contribution >= 0.6 is 0 Å². The van der Waals surface area contributed by atoms with Gasteiger partial charge >= 0.3 is 0 Å². The molecule has 0 bridgehead atoms. The minimum absolute atomic E-state index is 0.117. The lowest BCUT2D eigenvalue weighted by atomic mass is 9.86. The molecule has 1 aromatic carbocycles. The van der Waals surface area contributed by atoms with E-state index in [1.54, 1.807) is 0 Å². The number of anilines is 1. The number of hydrogen-bond donors (Lipinski definition) is 3. The highest BCUT2D eigenvalue weighted by Crippen LogP contribution is 2.26. The zero-order valence-electron chi connectivity index (χ0n) is 14.8. The number of carbonyl (C=O) groups excluding carboxylic acids is 1. The van der Waals surface area contributed by atoms with Crippen molar-refractivity contribution in [3.63, 3.8) is 0 Å². The van der Waals surface area contributed by atoms with Crippen molar-refractivity contribution in [2.45, 2.75) is 43.4 Å². The summed E-state index contributed by atoms with van der Waals surface area (Å²) in [6, 6.07) is 7.64. The summed E-state index contributed by atoms with van der Waals surface area (Å²) in [6.07, 6.45) is 7.38. The average molecular weight is 376 g/mol. The highest BCUT2D eigenvalue weighted by molar-refractivity contribution is 7.89. The number of benzene rings is 1. The number of aromatic amines is 1.